The van der Waals surface area contributed by atoms with Gasteiger partial charge in [0.15, 0.2) is 5.82 Å². The maximum absolute atomic E-state index is 12.4. The average Bonchev–Trinajstić information content (AvgIpc) is 3.34. The molecule has 0 aromatic carbocycles. The predicted molar refractivity (Wildman–Crippen MR) is 93.1 cm³/mol. The molecule has 2 aromatic heterocycles. The van der Waals surface area contributed by atoms with Crippen molar-refractivity contribution in [2.45, 2.75) is 64.5 Å². The molecule has 0 bridgehead atoms. The summed E-state index contributed by atoms with van der Waals surface area (Å²) in [5, 5.41) is 11.1. The second-order valence-corrected chi connectivity index (χ2v) is 6.61. The van der Waals surface area contributed by atoms with Gasteiger partial charge < -0.3 is 9.42 Å². The molecule has 1 saturated carbocycles. The first-order valence-electron chi connectivity index (χ1n) is 9.03. The first-order chi connectivity index (χ1) is 12.2. The molecule has 2 amide bonds. The fourth-order valence-corrected chi connectivity index (χ4v) is 3.08. The van der Waals surface area contributed by atoms with Gasteiger partial charge in [0.25, 0.3) is 0 Å². The third kappa shape index (κ3) is 4.37. The number of nitrogens with zero attached hydrogens (tertiary/aromatic N) is 5. The van der Waals surface area contributed by atoms with Crippen LogP contribution in [-0.2, 0) is 13.1 Å². The van der Waals surface area contributed by atoms with Gasteiger partial charge >= 0.3 is 6.03 Å². The van der Waals surface area contributed by atoms with Crippen LogP contribution in [0.4, 0.5) is 10.6 Å². The van der Waals surface area contributed by atoms with Crippen LogP contribution in [0.1, 0.15) is 63.1 Å². The van der Waals surface area contributed by atoms with E-state index in [1.807, 2.05) is 4.68 Å². The van der Waals surface area contributed by atoms with Crippen molar-refractivity contribution >= 4 is 11.8 Å². The largest absolute Gasteiger partial charge is 0.339 e. The van der Waals surface area contributed by atoms with Gasteiger partial charge in [0, 0.05) is 25.6 Å². The van der Waals surface area contributed by atoms with Gasteiger partial charge in [0.05, 0.1) is 12.7 Å². The minimum Gasteiger partial charge on any atom is -0.339 e. The Balaban J connectivity index is 1.55. The van der Waals surface area contributed by atoms with Crippen molar-refractivity contribution in [2.24, 2.45) is 0 Å². The zero-order chi connectivity index (χ0) is 17.6. The Hall–Kier alpha value is -2.38. The molecule has 2 aromatic rings. The highest BCUT2D eigenvalue weighted by Crippen LogP contribution is 2.32. The van der Waals surface area contributed by atoms with E-state index in [0.29, 0.717) is 30.0 Å². The Morgan fingerprint density at radius 3 is 3.00 bits per heavy atom. The summed E-state index contributed by atoms with van der Waals surface area (Å²) in [6.45, 7) is 3.23. The molecule has 1 fully saturated rings. The minimum absolute atomic E-state index is 0.217. The number of hydrogen-bond donors (Lipinski definition) is 1. The van der Waals surface area contributed by atoms with E-state index in [-0.39, 0.29) is 6.03 Å². The summed E-state index contributed by atoms with van der Waals surface area (Å²) in [6.07, 6.45) is 8.45. The Kier molecular flexibility index (Phi) is 5.67. The van der Waals surface area contributed by atoms with Crippen LogP contribution in [0.2, 0.25) is 0 Å². The number of carbonyl (C=O) groups is 1. The fraction of sp³-hybridized carbons (Fsp3) is 0.647. The molecular formula is C17H26N6O2. The molecule has 0 radical (unpaired) electrons. The SMILES string of the molecule is CCCCn1nccc1NC(=O)N(C)Cc1noc(C2CCCC2)n1. The monoisotopic (exact) mass is 346 g/mol. The lowest BCUT2D eigenvalue weighted by molar-refractivity contribution is 0.218. The quantitative estimate of drug-likeness (QED) is 0.830. The normalized spacial score (nSPS) is 14.8. The maximum Gasteiger partial charge on any atom is 0.323 e. The van der Waals surface area contributed by atoms with Gasteiger partial charge in [-0.15, -0.1) is 0 Å². The molecule has 0 aliphatic heterocycles. The highest BCUT2D eigenvalue weighted by molar-refractivity contribution is 5.88. The Bertz CT molecular complexity index is 689. The van der Waals surface area contributed by atoms with E-state index >= 15 is 0 Å². The average molecular weight is 346 g/mol. The molecule has 1 aliphatic rings. The number of aryl methyl sites for hydroxylation is 1. The van der Waals surface area contributed by atoms with Crippen molar-refractivity contribution in [3.8, 4) is 0 Å². The topological polar surface area (TPSA) is 89.1 Å². The fourth-order valence-electron chi connectivity index (χ4n) is 3.08. The lowest BCUT2D eigenvalue weighted by Crippen LogP contribution is -2.32. The van der Waals surface area contributed by atoms with Crippen LogP contribution in [0.3, 0.4) is 0 Å². The highest BCUT2D eigenvalue weighted by Gasteiger charge is 2.23. The molecule has 8 heteroatoms. The highest BCUT2D eigenvalue weighted by atomic mass is 16.5. The van der Waals surface area contributed by atoms with Gasteiger partial charge in [-0.2, -0.15) is 10.1 Å². The molecule has 2 heterocycles. The zero-order valence-electron chi connectivity index (χ0n) is 14.9. The number of hydrogen-bond acceptors (Lipinski definition) is 5. The number of amides is 2. The van der Waals surface area contributed by atoms with Crippen molar-refractivity contribution < 1.29 is 9.32 Å². The van der Waals surface area contributed by atoms with E-state index in [0.717, 1.165) is 32.2 Å². The molecule has 0 atom stereocenters. The van der Waals surface area contributed by atoms with Gasteiger partial charge in [-0.1, -0.05) is 31.3 Å². The van der Waals surface area contributed by atoms with Crippen molar-refractivity contribution in [1.82, 2.24) is 24.8 Å². The third-order valence-corrected chi connectivity index (χ3v) is 4.59. The molecule has 0 unspecified atom stereocenters. The summed E-state index contributed by atoms with van der Waals surface area (Å²) in [6, 6.07) is 1.58. The van der Waals surface area contributed by atoms with E-state index < -0.39 is 0 Å². The van der Waals surface area contributed by atoms with Gasteiger partial charge in [-0.3, -0.25) is 5.32 Å². The van der Waals surface area contributed by atoms with Gasteiger partial charge in [-0.05, 0) is 19.3 Å². The third-order valence-electron chi connectivity index (χ3n) is 4.59. The van der Waals surface area contributed by atoms with Crippen LogP contribution in [0.5, 0.6) is 0 Å². The molecule has 25 heavy (non-hydrogen) atoms. The Labute approximate surface area is 147 Å². The molecule has 8 nitrogen and oxygen atoms in total. The molecule has 0 spiro atoms. The van der Waals surface area contributed by atoms with Crippen molar-refractivity contribution in [3.63, 3.8) is 0 Å². The summed E-state index contributed by atoms with van der Waals surface area (Å²) < 4.78 is 7.17. The second-order valence-electron chi connectivity index (χ2n) is 6.61. The standard InChI is InChI=1S/C17H26N6O2/c1-3-4-11-23-15(9-10-18-23)20-17(24)22(2)12-14-19-16(25-21-14)13-7-5-6-8-13/h9-10,13H,3-8,11-12H2,1-2H3,(H,20,24). The van der Waals surface area contributed by atoms with Gasteiger partial charge in [0.1, 0.15) is 5.82 Å². The van der Waals surface area contributed by atoms with E-state index in [4.69, 9.17) is 4.52 Å². The molecule has 136 valence electrons. The van der Waals surface area contributed by atoms with Crippen LogP contribution >= 0.6 is 0 Å². The van der Waals surface area contributed by atoms with E-state index in [1.54, 1.807) is 24.2 Å². The number of anilines is 1. The summed E-state index contributed by atoms with van der Waals surface area (Å²) >= 11 is 0. The number of nitrogens with one attached hydrogen (secondary N) is 1. The molecule has 1 aliphatic carbocycles. The van der Waals surface area contributed by atoms with E-state index in [9.17, 15) is 4.79 Å². The van der Waals surface area contributed by atoms with Crippen LogP contribution < -0.4 is 5.32 Å². The number of unbranched alkanes of at least 4 members (excludes halogenated alkanes) is 1. The smallest absolute Gasteiger partial charge is 0.323 e. The molecule has 0 saturated heterocycles. The summed E-state index contributed by atoms with van der Waals surface area (Å²) in [5.41, 5.74) is 0. The lowest BCUT2D eigenvalue weighted by atomic mass is 10.1. The van der Waals surface area contributed by atoms with Gasteiger partial charge in [0.2, 0.25) is 5.89 Å². The first kappa shape index (κ1) is 17.4. The van der Waals surface area contributed by atoms with Crippen molar-refractivity contribution in [3.05, 3.63) is 24.0 Å². The molecular weight excluding hydrogens is 320 g/mol. The zero-order valence-corrected chi connectivity index (χ0v) is 14.9. The van der Waals surface area contributed by atoms with Crippen molar-refractivity contribution in [1.29, 1.82) is 0 Å². The summed E-state index contributed by atoms with van der Waals surface area (Å²) in [4.78, 5) is 18.4. The van der Waals surface area contributed by atoms with E-state index in [2.05, 4.69) is 27.5 Å². The predicted octanol–water partition coefficient (Wildman–Crippen LogP) is 3.39. The number of urea groups is 1. The van der Waals surface area contributed by atoms with Crippen molar-refractivity contribution in [2.75, 3.05) is 12.4 Å². The van der Waals surface area contributed by atoms with Crippen LogP contribution in [-0.4, -0.2) is 37.9 Å². The molecule has 3 rings (SSSR count). The number of carbonyl (C=O) groups excluding carboxylic acids is 1. The van der Waals surface area contributed by atoms with Crippen LogP contribution in [0, 0.1) is 0 Å². The number of aromatic nitrogens is 4. The Morgan fingerprint density at radius 1 is 1.44 bits per heavy atom. The second kappa shape index (κ2) is 8.13. The Morgan fingerprint density at radius 2 is 2.24 bits per heavy atom. The van der Waals surface area contributed by atoms with Crippen LogP contribution in [0.15, 0.2) is 16.8 Å². The molecule has 1 N–H and O–H groups in total. The van der Waals surface area contributed by atoms with E-state index in [1.165, 1.54) is 12.8 Å². The first-order valence-corrected chi connectivity index (χ1v) is 9.03. The summed E-state index contributed by atoms with van der Waals surface area (Å²) in [5.74, 6) is 2.33. The minimum atomic E-state index is -0.217. The van der Waals surface area contributed by atoms with Crippen LogP contribution in [0.25, 0.3) is 0 Å². The summed E-state index contributed by atoms with van der Waals surface area (Å²) in [7, 11) is 1.72. The van der Waals surface area contributed by atoms with Gasteiger partial charge in [-0.25, -0.2) is 9.48 Å². The maximum atomic E-state index is 12.4. The number of rotatable bonds is 7. The lowest BCUT2D eigenvalue weighted by Gasteiger charge is -2.16.